The molecule has 0 unspecified atom stereocenters. The van der Waals surface area contributed by atoms with E-state index in [1.54, 1.807) is 6.20 Å². The summed E-state index contributed by atoms with van der Waals surface area (Å²) in [7, 11) is 0. The zero-order valence-corrected chi connectivity index (χ0v) is 9.96. The summed E-state index contributed by atoms with van der Waals surface area (Å²) >= 11 is 0. The van der Waals surface area contributed by atoms with Crippen molar-refractivity contribution in [1.29, 1.82) is 0 Å². The highest BCUT2D eigenvalue weighted by atomic mass is 16.1. The van der Waals surface area contributed by atoms with Crippen molar-refractivity contribution in [3.05, 3.63) is 63.8 Å². The number of pyridine rings is 2. The average molecular weight is 243 g/mol. The van der Waals surface area contributed by atoms with E-state index in [1.807, 2.05) is 25.1 Å². The minimum Gasteiger partial charge on any atom is -0.366 e. The highest BCUT2D eigenvalue weighted by Crippen LogP contribution is 2.01. The fourth-order valence-electron chi connectivity index (χ4n) is 1.65. The van der Waals surface area contributed by atoms with Crippen LogP contribution in [-0.4, -0.2) is 15.5 Å². The van der Waals surface area contributed by atoms with Crippen molar-refractivity contribution in [2.75, 3.05) is 0 Å². The van der Waals surface area contributed by atoms with E-state index in [0.717, 1.165) is 11.4 Å². The first-order valence-electron chi connectivity index (χ1n) is 5.49. The monoisotopic (exact) mass is 243 g/mol. The molecule has 5 heteroatoms. The van der Waals surface area contributed by atoms with Crippen LogP contribution in [0, 0.1) is 6.92 Å². The Bertz CT molecular complexity index is 647. The number of nitrogens with two attached hydrogens (primary N) is 1. The first-order valence-corrected chi connectivity index (χ1v) is 5.49. The third kappa shape index (κ3) is 2.63. The lowest BCUT2D eigenvalue weighted by Crippen LogP contribution is -2.23. The Morgan fingerprint density at radius 1 is 1.39 bits per heavy atom. The number of amides is 1. The maximum atomic E-state index is 11.8. The molecule has 0 aliphatic rings. The lowest BCUT2D eigenvalue weighted by Gasteiger charge is -2.06. The van der Waals surface area contributed by atoms with Crippen molar-refractivity contribution >= 4 is 5.91 Å². The molecule has 2 rings (SSSR count). The van der Waals surface area contributed by atoms with Crippen LogP contribution in [-0.2, 0) is 6.54 Å². The smallest absolute Gasteiger partial charge is 0.251 e. The van der Waals surface area contributed by atoms with Gasteiger partial charge in [0.25, 0.3) is 5.56 Å². The molecule has 0 atom stereocenters. The van der Waals surface area contributed by atoms with Crippen molar-refractivity contribution in [2.45, 2.75) is 13.5 Å². The van der Waals surface area contributed by atoms with Crippen LogP contribution in [0.25, 0.3) is 0 Å². The molecule has 5 nitrogen and oxygen atoms in total. The van der Waals surface area contributed by atoms with Gasteiger partial charge in [-0.1, -0.05) is 6.07 Å². The Balaban J connectivity index is 2.30. The number of hydrogen-bond donors (Lipinski definition) is 1. The average Bonchev–Trinajstić information content (AvgIpc) is 2.31. The number of carbonyl (C=O) groups is 1. The Labute approximate surface area is 104 Å². The van der Waals surface area contributed by atoms with Crippen LogP contribution in [0.5, 0.6) is 0 Å². The van der Waals surface area contributed by atoms with Crippen molar-refractivity contribution in [1.82, 2.24) is 9.55 Å². The van der Waals surface area contributed by atoms with Crippen molar-refractivity contribution in [3.63, 3.8) is 0 Å². The van der Waals surface area contributed by atoms with Crippen LogP contribution < -0.4 is 11.3 Å². The summed E-state index contributed by atoms with van der Waals surface area (Å²) in [6.07, 6.45) is 1.55. The van der Waals surface area contributed by atoms with Gasteiger partial charge in [0.2, 0.25) is 5.91 Å². The number of aryl methyl sites for hydroxylation is 1. The van der Waals surface area contributed by atoms with E-state index in [4.69, 9.17) is 5.73 Å². The first-order chi connectivity index (χ1) is 8.56. The third-order valence-corrected chi connectivity index (χ3v) is 2.56. The molecule has 0 aliphatic carbocycles. The molecule has 0 aliphatic heterocycles. The van der Waals surface area contributed by atoms with E-state index in [2.05, 4.69) is 4.98 Å². The van der Waals surface area contributed by atoms with Gasteiger partial charge in [0.05, 0.1) is 12.2 Å². The van der Waals surface area contributed by atoms with Gasteiger partial charge in [-0.05, 0) is 25.1 Å². The predicted molar refractivity (Wildman–Crippen MR) is 67.3 cm³/mol. The Kier molecular flexibility index (Phi) is 3.23. The summed E-state index contributed by atoms with van der Waals surface area (Å²) in [6.45, 7) is 2.27. The number of primary amides is 1. The highest BCUT2D eigenvalue weighted by Gasteiger charge is 2.04. The number of nitrogens with zero attached hydrogens (tertiary/aromatic N) is 2. The molecule has 0 aromatic carbocycles. The molecule has 2 aromatic heterocycles. The zero-order valence-electron chi connectivity index (χ0n) is 9.96. The normalized spacial score (nSPS) is 10.3. The van der Waals surface area contributed by atoms with Crippen LogP contribution in [0.4, 0.5) is 0 Å². The van der Waals surface area contributed by atoms with Gasteiger partial charge in [-0.25, -0.2) is 0 Å². The van der Waals surface area contributed by atoms with E-state index in [9.17, 15) is 9.59 Å². The number of rotatable bonds is 3. The lowest BCUT2D eigenvalue weighted by atomic mass is 10.2. The summed E-state index contributed by atoms with van der Waals surface area (Å²) in [5.41, 5.74) is 6.75. The molecular weight excluding hydrogens is 230 g/mol. The second-order valence-electron chi connectivity index (χ2n) is 4.02. The molecule has 0 saturated carbocycles. The second-order valence-corrected chi connectivity index (χ2v) is 4.02. The molecule has 0 fully saturated rings. The fraction of sp³-hybridized carbons (Fsp3) is 0.154. The van der Waals surface area contributed by atoms with E-state index in [-0.39, 0.29) is 11.1 Å². The third-order valence-electron chi connectivity index (χ3n) is 2.56. The SMILES string of the molecule is Cc1cccc(Cn2ccc(C(N)=O)cc2=O)n1. The van der Waals surface area contributed by atoms with Gasteiger partial charge in [0.15, 0.2) is 0 Å². The minimum atomic E-state index is -0.604. The van der Waals surface area contributed by atoms with E-state index in [1.165, 1.54) is 16.7 Å². The van der Waals surface area contributed by atoms with Crippen LogP contribution in [0.3, 0.4) is 0 Å². The Hall–Kier alpha value is -2.43. The molecule has 18 heavy (non-hydrogen) atoms. The van der Waals surface area contributed by atoms with Crippen LogP contribution in [0.1, 0.15) is 21.7 Å². The Morgan fingerprint density at radius 2 is 2.17 bits per heavy atom. The van der Waals surface area contributed by atoms with Crippen molar-refractivity contribution < 1.29 is 4.79 Å². The van der Waals surface area contributed by atoms with Gasteiger partial charge in [0, 0.05) is 23.5 Å². The van der Waals surface area contributed by atoms with E-state index < -0.39 is 5.91 Å². The van der Waals surface area contributed by atoms with E-state index in [0.29, 0.717) is 6.54 Å². The van der Waals surface area contributed by atoms with Gasteiger partial charge in [-0.2, -0.15) is 0 Å². The summed E-state index contributed by atoms with van der Waals surface area (Å²) in [5.74, 6) is -0.604. The molecule has 2 aromatic rings. The summed E-state index contributed by atoms with van der Waals surface area (Å²) in [5, 5.41) is 0. The van der Waals surface area contributed by atoms with Gasteiger partial charge >= 0.3 is 0 Å². The van der Waals surface area contributed by atoms with Gasteiger partial charge in [-0.3, -0.25) is 14.6 Å². The molecule has 2 heterocycles. The minimum absolute atomic E-state index is 0.216. The van der Waals surface area contributed by atoms with Crippen LogP contribution in [0.2, 0.25) is 0 Å². The second kappa shape index (κ2) is 4.83. The summed E-state index contributed by atoms with van der Waals surface area (Å²) < 4.78 is 1.48. The van der Waals surface area contributed by atoms with Gasteiger partial charge < -0.3 is 10.3 Å². The van der Waals surface area contributed by atoms with Gasteiger partial charge in [-0.15, -0.1) is 0 Å². The van der Waals surface area contributed by atoms with Crippen LogP contribution in [0.15, 0.2) is 41.3 Å². The highest BCUT2D eigenvalue weighted by molar-refractivity contribution is 5.92. The zero-order chi connectivity index (χ0) is 13.1. The van der Waals surface area contributed by atoms with Crippen molar-refractivity contribution in [2.24, 2.45) is 5.73 Å². The summed E-state index contributed by atoms with van der Waals surface area (Å²) in [6, 6.07) is 8.39. The Morgan fingerprint density at radius 3 is 2.78 bits per heavy atom. The molecule has 2 N–H and O–H groups in total. The van der Waals surface area contributed by atoms with Gasteiger partial charge in [0.1, 0.15) is 0 Å². The number of aromatic nitrogens is 2. The fourth-order valence-corrected chi connectivity index (χ4v) is 1.65. The molecule has 0 saturated heterocycles. The topological polar surface area (TPSA) is 78.0 Å². The van der Waals surface area contributed by atoms with Crippen LogP contribution >= 0.6 is 0 Å². The largest absolute Gasteiger partial charge is 0.366 e. The molecule has 0 radical (unpaired) electrons. The summed E-state index contributed by atoms with van der Waals surface area (Å²) in [4.78, 5) is 27.0. The molecule has 0 bridgehead atoms. The number of carbonyl (C=O) groups excluding carboxylic acids is 1. The van der Waals surface area contributed by atoms with Crippen molar-refractivity contribution in [3.8, 4) is 0 Å². The lowest BCUT2D eigenvalue weighted by molar-refractivity contribution is 0.1000. The standard InChI is InChI=1S/C13H13N3O2/c1-9-3-2-4-11(15-9)8-16-6-5-10(13(14)18)7-12(16)17/h2-7H,8H2,1H3,(H2,14,18). The molecular formula is C13H13N3O2. The number of hydrogen-bond acceptors (Lipinski definition) is 3. The van der Waals surface area contributed by atoms with E-state index >= 15 is 0 Å². The predicted octanol–water partition coefficient (Wildman–Crippen LogP) is 0.699. The molecule has 92 valence electrons. The maximum Gasteiger partial charge on any atom is 0.251 e. The quantitative estimate of drug-likeness (QED) is 0.861. The molecule has 1 amide bonds. The molecule has 0 spiro atoms. The maximum absolute atomic E-state index is 11.8. The first kappa shape index (κ1) is 12.0.